The molecule has 0 amide bonds. The fourth-order valence-electron chi connectivity index (χ4n) is 2.31. The molecule has 0 heterocycles. The Bertz CT molecular complexity index is 316. The predicted molar refractivity (Wildman–Crippen MR) is 71.5 cm³/mol. The highest BCUT2D eigenvalue weighted by atomic mass is 16.7. The molecule has 0 spiro atoms. The van der Waals surface area contributed by atoms with Crippen LogP contribution in [0.4, 0.5) is 4.79 Å². The van der Waals surface area contributed by atoms with Gasteiger partial charge >= 0.3 is 12.1 Å². The summed E-state index contributed by atoms with van der Waals surface area (Å²) in [6.45, 7) is 5.13. The summed E-state index contributed by atoms with van der Waals surface area (Å²) < 4.78 is 9.52. The summed E-state index contributed by atoms with van der Waals surface area (Å²) in [5, 5.41) is 0. The molecular weight excluding hydrogens is 246 g/mol. The van der Waals surface area contributed by atoms with Crippen LogP contribution in [0, 0.1) is 5.92 Å². The van der Waals surface area contributed by atoms with Crippen molar-refractivity contribution in [2.24, 2.45) is 11.7 Å². The first kappa shape index (κ1) is 16.0. The van der Waals surface area contributed by atoms with Gasteiger partial charge in [0.1, 0.15) is 11.6 Å². The Hall–Kier alpha value is -1.10. The van der Waals surface area contributed by atoms with Gasteiger partial charge in [0.15, 0.2) is 0 Å². The number of ether oxygens (including phenoxy) is 2. The molecule has 1 fully saturated rings. The summed E-state index contributed by atoms with van der Waals surface area (Å²) in [6, 6.07) is -0.740. The molecule has 0 aliphatic heterocycles. The largest absolute Gasteiger partial charge is 0.516 e. The molecule has 1 aliphatic carbocycles. The van der Waals surface area contributed by atoms with E-state index in [1.54, 1.807) is 20.8 Å². The minimum atomic E-state index is -0.975. The average molecular weight is 271 g/mol. The van der Waals surface area contributed by atoms with Gasteiger partial charge in [-0.25, -0.2) is 9.59 Å². The maximum atomic E-state index is 11.7. The summed E-state index contributed by atoms with van der Waals surface area (Å²) in [5.74, 6) is -0.227. The van der Waals surface area contributed by atoms with Crippen molar-refractivity contribution in [2.75, 3.05) is 0 Å². The number of carbonyl (C=O) groups excluding carboxylic acids is 2. The van der Waals surface area contributed by atoms with E-state index in [1.807, 2.05) is 0 Å². The zero-order chi connectivity index (χ0) is 14.5. The van der Waals surface area contributed by atoms with Crippen LogP contribution in [0.2, 0.25) is 0 Å². The minimum absolute atomic E-state index is 0.468. The van der Waals surface area contributed by atoms with Crippen molar-refractivity contribution < 1.29 is 19.1 Å². The third kappa shape index (κ3) is 6.57. The van der Waals surface area contributed by atoms with Gasteiger partial charge in [-0.15, -0.1) is 0 Å². The number of hydrogen-bond acceptors (Lipinski definition) is 5. The Balaban J connectivity index is 2.33. The van der Waals surface area contributed by atoms with Crippen molar-refractivity contribution in [3.05, 3.63) is 0 Å². The van der Waals surface area contributed by atoms with Crippen LogP contribution in [0.1, 0.15) is 59.3 Å². The maximum absolute atomic E-state index is 11.7. The fraction of sp³-hybridized carbons (Fsp3) is 0.857. The fourth-order valence-corrected chi connectivity index (χ4v) is 2.31. The third-order valence-corrected chi connectivity index (χ3v) is 3.19. The maximum Gasteiger partial charge on any atom is 0.516 e. The highest BCUT2D eigenvalue weighted by molar-refractivity contribution is 5.85. The summed E-state index contributed by atoms with van der Waals surface area (Å²) in [5.41, 5.74) is 5.10. The lowest BCUT2D eigenvalue weighted by Crippen LogP contribution is -2.37. The van der Waals surface area contributed by atoms with E-state index in [0.717, 1.165) is 12.8 Å². The van der Waals surface area contributed by atoms with Gasteiger partial charge in [0.25, 0.3) is 0 Å². The normalized spacial score (nSPS) is 18.7. The Kier molecular flexibility index (Phi) is 5.79. The minimum Gasteiger partial charge on any atom is -0.428 e. The van der Waals surface area contributed by atoms with Crippen molar-refractivity contribution in [2.45, 2.75) is 70.9 Å². The highest BCUT2D eigenvalue weighted by Crippen LogP contribution is 2.27. The molecule has 5 nitrogen and oxygen atoms in total. The van der Waals surface area contributed by atoms with Crippen LogP contribution in [0.3, 0.4) is 0 Å². The zero-order valence-corrected chi connectivity index (χ0v) is 12.1. The molecule has 0 radical (unpaired) electrons. The molecular formula is C14H25NO4. The van der Waals surface area contributed by atoms with Crippen LogP contribution in [0.25, 0.3) is 0 Å². The van der Waals surface area contributed by atoms with Crippen molar-refractivity contribution in [3.8, 4) is 0 Å². The Morgan fingerprint density at radius 2 is 1.79 bits per heavy atom. The first-order valence-corrected chi connectivity index (χ1v) is 6.98. The molecule has 0 aromatic rings. The third-order valence-electron chi connectivity index (χ3n) is 3.19. The second-order valence-corrected chi connectivity index (χ2v) is 6.23. The quantitative estimate of drug-likeness (QED) is 0.630. The monoisotopic (exact) mass is 271 g/mol. The van der Waals surface area contributed by atoms with Crippen molar-refractivity contribution >= 4 is 12.1 Å². The molecule has 0 bridgehead atoms. The second-order valence-electron chi connectivity index (χ2n) is 6.23. The summed E-state index contributed by atoms with van der Waals surface area (Å²) in [7, 11) is 0. The van der Waals surface area contributed by atoms with Gasteiger partial charge in [-0.1, -0.05) is 32.1 Å². The molecule has 110 valence electrons. The van der Waals surface area contributed by atoms with E-state index in [4.69, 9.17) is 10.5 Å². The van der Waals surface area contributed by atoms with Crippen LogP contribution in [0.15, 0.2) is 0 Å². The van der Waals surface area contributed by atoms with E-state index in [2.05, 4.69) is 4.74 Å². The first-order valence-electron chi connectivity index (χ1n) is 6.98. The van der Waals surface area contributed by atoms with Crippen LogP contribution in [0.5, 0.6) is 0 Å². The Morgan fingerprint density at radius 3 is 2.32 bits per heavy atom. The zero-order valence-electron chi connectivity index (χ0n) is 12.1. The van der Waals surface area contributed by atoms with E-state index < -0.39 is 23.8 Å². The summed E-state index contributed by atoms with van der Waals surface area (Å²) >= 11 is 0. The van der Waals surface area contributed by atoms with Gasteiger partial charge in [0.05, 0.1) is 0 Å². The number of carbonyl (C=O) groups is 2. The number of esters is 1. The van der Waals surface area contributed by atoms with Gasteiger partial charge in [0.2, 0.25) is 0 Å². The van der Waals surface area contributed by atoms with E-state index in [-0.39, 0.29) is 0 Å². The van der Waals surface area contributed by atoms with Crippen LogP contribution < -0.4 is 5.73 Å². The van der Waals surface area contributed by atoms with Crippen LogP contribution in [-0.2, 0) is 14.3 Å². The molecule has 1 rings (SSSR count). The smallest absolute Gasteiger partial charge is 0.428 e. The average Bonchev–Trinajstić information content (AvgIpc) is 2.27. The standard InChI is InChI=1S/C14H25NO4/c1-14(2,3)19-13(17)18-12(16)11(15)9-10-7-5-4-6-8-10/h10-11H,4-9,15H2,1-3H3/t11-/m0/s1. The van der Waals surface area contributed by atoms with Gasteiger partial charge in [-0.05, 0) is 33.1 Å². The topological polar surface area (TPSA) is 78.6 Å². The lowest BCUT2D eigenvalue weighted by molar-refractivity contribution is -0.143. The number of hydrogen-bond donors (Lipinski definition) is 1. The summed E-state index contributed by atoms with van der Waals surface area (Å²) in [6.07, 6.45) is 5.46. The second kappa shape index (κ2) is 6.89. The van der Waals surface area contributed by atoms with Gasteiger partial charge < -0.3 is 15.2 Å². The van der Waals surface area contributed by atoms with Gasteiger partial charge in [0, 0.05) is 0 Å². The Morgan fingerprint density at radius 1 is 1.21 bits per heavy atom. The number of nitrogens with two attached hydrogens (primary N) is 1. The molecule has 1 saturated carbocycles. The van der Waals surface area contributed by atoms with Gasteiger partial charge in [-0.3, -0.25) is 0 Å². The summed E-state index contributed by atoms with van der Waals surface area (Å²) in [4.78, 5) is 23.0. The number of rotatable bonds is 3. The molecule has 1 atom stereocenters. The van der Waals surface area contributed by atoms with Crippen molar-refractivity contribution in [3.63, 3.8) is 0 Å². The molecule has 0 aromatic heterocycles. The Labute approximate surface area is 114 Å². The molecule has 19 heavy (non-hydrogen) atoms. The van der Waals surface area contributed by atoms with E-state index in [9.17, 15) is 9.59 Å². The molecule has 0 aromatic carbocycles. The molecule has 0 unspecified atom stereocenters. The predicted octanol–water partition coefficient (Wildman–Crippen LogP) is 2.76. The molecule has 0 saturated heterocycles. The lowest BCUT2D eigenvalue weighted by atomic mass is 9.85. The van der Waals surface area contributed by atoms with Crippen molar-refractivity contribution in [1.29, 1.82) is 0 Å². The van der Waals surface area contributed by atoms with Crippen molar-refractivity contribution in [1.82, 2.24) is 0 Å². The first-order chi connectivity index (χ1) is 8.78. The van der Waals surface area contributed by atoms with E-state index in [0.29, 0.717) is 12.3 Å². The molecule has 1 aliphatic rings. The van der Waals surface area contributed by atoms with Crippen LogP contribution >= 0.6 is 0 Å². The van der Waals surface area contributed by atoms with Gasteiger partial charge in [-0.2, -0.15) is 0 Å². The lowest BCUT2D eigenvalue weighted by Gasteiger charge is -2.24. The highest BCUT2D eigenvalue weighted by Gasteiger charge is 2.26. The SMILES string of the molecule is CC(C)(C)OC(=O)OC(=O)[C@@H](N)CC1CCCCC1. The molecule has 2 N–H and O–H groups in total. The van der Waals surface area contributed by atoms with E-state index in [1.165, 1.54) is 19.3 Å². The van der Waals surface area contributed by atoms with E-state index >= 15 is 0 Å². The molecule has 5 heteroatoms. The van der Waals surface area contributed by atoms with Crippen LogP contribution in [-0.4, -0.2) is 23.8 Å².